The van der Waals surface area contributed by atoms with Crippen molar-refractivity contribution in [2.45, 2.75) is 32.6 Å². The Kier molecular flexibility index (Phi) is 9.04. The van der Waals surface area contributed by atoms with E-state index in [1.807, 2.05) is 13.0 Å². The number of carbonyl (C=O) groups excluding carboxylic acids is 1. The summed E-state index contributed by atoms with van der Waals surface area (Å²) in [7, 11) is 0. The number of nitrogens with zero attached hydrogens (tertiary/aromatic N) is 2. The second kappa shape index (κ2) is 11.5. The lowest BCUT2D eigenvalue weighted by molar-refractivity contribution is -0.123. The van der Waals surface area contributed by atoms with Gasteiger partial charge >= 0.3 is 0 Å². The minimum Gasteiger partial charge on any atom is -0.369 e. The highest BCUT2D eigenvalue weighted by molar-refractivity contribution is 5.79. The second-order valence-corrected chi connectivity index (χ2v) is 6.92. The van der Waals surface area contributed by atoms with Gasteiger partial charge in [0.1, 0.15) is 5.82 Å². The van der Waals surface area contributed by atoms with Gasteiger partial charge in [0, 0.05) is 26.2 Å². The van der Waals surface area contributed by atoms with E-state index < -0.39 is 0 Å². The largest absolute Gasteiger partial charge is 0.369 e. The molecule has 1 aromatic carbocycles. The lowest BCUT2D eigenvalue weighted by Gasteiger charge is -2.30. The summed E-state index contributed by atoms with van der Waals surface area (Å²) in [6.45, 7) is 6.83. The predicted molar refractivity (Wildman–Crippen MR) is 107 cm³/mol. The number of piperidine rings is 1. The quantitative estimate of drug-likeness (QED) is 0.346. The fourth-order valence-corrected chi connectivity index (χ4v) is 3.33. The molecule has 6 nitrogen and oxygen atoms in total. The van der Waals surface area contributed by atoms with Crippen LogP contribution in [0, 0.1) is 11.7 Å². The Morgan fingerprint density at radius 3 is 2.93 bits per heavy atom. The minimum atomic E-state index is -0.189. The monoisotopic (exact) mass is 377 g/mol. The summed E-state index contributed by atoms with van der Waals surface area (Å²) in [6.07, 6.45) is 3.46. The number of hydrogen-bond acceptors (Lipinski definition) is 3. The molecule has 1 heterocycles. The average Bonchev–Trinajstić information content (AvgIpc) is 2.67. The van der Waals surface area contributed by atoms with Crippen molar-refractivity contribution in [2.24, 2.45) is 16.6 Å². The third kappa shape index (κ3) is 7.54. The number of halogens is 1. The lowest BCUT2D eigenvalue weighted by Crippen LogP contribution is -2.41. The van der Waals surface area contributed by atoms with Crippen LogP contribution in [0.5, 0.6) is 0 Å². The molecule has 0 aliphatic carbocycles. The molecule has 1 aliphatic heterocycles. The van der Waals surface area contributed by atoms with E-state index in [0.29, 0.717) is 25.1 Å². The first kappa shape index (κ1) is 21.2. The fourth-order valence-electron chi connectivity index (χ4n) is 3.33. The number of amides is 1. The highest BCUT2D eigenvalue weighted by Crippen LogP contribution is 2.15. The third-order valence-corrected chi connectivity index (χ3v) is 4.80. The van der Waals surface area contributed by atoms with E-state index in [-0.39, 0.29) is 17.6 Å². The highest BCUT2D eigenvalue weighted by Gasteiger charge is 2.23. The SMILES string of the molecule is CCNC(=NCCCN1CCCC(C(N)=O)C1)NCCc1ccccc1F. The molecule has 4 N–H and O–H groups in total. The van der Waals surface area contributed by atoms with E-state index in [9.17, 15) is 9.18 Å². The number of hydrogen-bond donors (Lipinski definition) is 3. The molecule has 1 unspecified atom stereocenters. The van der Waals surface area contributed by atoms with Crippen LogP contribution < -0.4 is 16.4 Å². The molecule has 27 heavy (non-hydrogen) atoms. The first-order valence-corrected chi connectivity index (χ1v) is 9.87. The normalized spacial score (nSPS) is 18.3. The van der Waals surface area contributed by atoms with Gasteiger partial charge in [0.05, 0.1) is 5.92 Å². The third-order valence-electron chi connectivity index (χ3n) is 4.80. The van der Waals surface area contributed by atoms with Crippen molar-refractivity contribution in [1.82, 2.24) is 15.5 Å². The van der Waals surface area contributed by atoms with Gasteiger partial charge in [-0.3, -0.25) is 9.79 Å². The van der Waals surface area contributed by atoms with Crippen molar-refractivity contribution >= 4 is 11.9 Å². The van der Waals surface area contributed by atoms with Gasteiger partial charge in [-0.1, -0.05) is 18.2 Å². The number of guanidine groups is 1. The van der Waals surface area contributed by atoms with Crippen molar-refractivity contribution in [3.8, 4) is 0 Å². The summed E-state index contributed by atoms with van der Waals surface area (Å²) < 4.78 is 13.7. The lowest BCUT2D eigenvalue weighted by atomic mass is 9.97. The molecule has 1 amide bonds. The molecule has 1 atom stereocenters. The van der Waals surface area contributed by atoms with Gasteiger partial charge < -0.3 is 21.3 Å². The maximum atomic E-state index is 13.7. The first-order valence-electron chi connectivity index (χ1n) is 9.87. The van der Waals surface area contributed by atoms with Gasteiger partial charge in [-0.2, -0.15) is 0 Å². The summed E-state index contributed by atoms with van der Waals surface area (Å²) in [5.41, 5.74) is 6.13. The van der Waals surface area contributed by atoms with E-state index in [4.69, 9.17) is 5.73 Å². The summed E-state index contributed by atoms with van der Waals surface area (Å²) >= 11 is 0. The van der Waals surface area contributed by atoms with Crippen LogP contribution in [0.3, 0.4) is 0 Å². The Morgan fingerprint density at radius 2 is 2.19 bits per heavy atom. The molecule has 0 radical (unpaired) electrons. The van der Waals surface area contributed by atoms with E-state index in [0.717, 1.165) is 51.4 Å². The zero-order chi connectivity index (χ0) is 19.5. The summed E-state index contributed by atoms with van der Waals surface area (Å²) in [4.78, 5) is 18.2. The number of aliphatic imine (C=N–C) groups is 1. The number of likely N-dealkylation sites (tertiary alicyclic amines) is 1. The van der Waals surface area contributed by atoms with Crippen molar-refractivity contribution < 1.29 is 9.18 Å². The number of primary amides is 1. The number of carbonyl (C=O) groups is 1. The van der Waals surface area contributed by atoms with E-state index in [1.165, 1.54) is 6.07 Å². The maximum absolute atomic E-state index is 13.7. The van der Waals surface area contributed by atoms with Gasteiger partial charge in [-0.25, -0.2) is 4.39 Å². The van der Waals surface area contributed by atoms with Crippen LogP contribution in [-0.4, -0.2) is 56.0 Å². The second-order valence-electron chi connectivity index (χ2n) is 6.92. The topological polar surface area (TPSA) is 82.8 Å². The Bertz CT molecular complexity index is 622. The van der Waals surface area contributed by atoms with Crippen molar-refractivity contribution in [3.05, 3.63) is 35.6 Å². The molecular formula is C20H32FN5O. The van der Waals surface area contributed by atoms with Gasteiger partial charge in [0.25, 0.3) is 0 Å². The van der Waals surface area contributed by atoms with Gasteiger partial charge in [-0.05, 0) is 57.3 Å². The number of nitrogens with one attached hydrogen (secondary N) is 2. The average molecular weight is 378 g/mol. The molecule has 0 aromatic heterocycles. The molecule has 7 heteroatoms. The first-order chi connectivity index (χ1) is 13.1. The van der Waals surface area contributed by atoms with Crippen LogP contribution in [0.2, 0.25) is 0 Å². The van der Waals surface area contributed by atoms with Crippen molar-refractivity contribution in [1.29, 1.82) is 0 Å². The smallest absolute Gasteiger partial charge is 0.221 e. The minimum absolute atomic E-state index is 0.0142. The van der Waals surface area contributed by atoms with Crippen LogP contribution in [0.4, 0.5) is 4.39 Å². The summed E-state index contributed by atoms with van der Waals surface area (Å²) in [6, 6.07) is 6.84. The molecule has 0 spiro atoms. The molecule has 1 saturated heterocycles. The molecular weight excluding hydrogens is 345 g/mol. The van der Waals surface area contributed by atoms with Crippen molar-refractivity contribution in [2.75, 3.05) is 39.3 Å². The Hall–Kier alpha value is -2.15. The van der Waals surface area contributed by atoms with Crippen LogP contribution in [-0.2, 0) is 11.2 Å². The standard InChI is InChI=1S/C20H32FN5O/c1-2-23-20(25-12-10-16-7-3-4-9-18(16)21)24-11-6-14-26-13-5-8-17(15-26)19(22)27/h3-4,7,9,17H,2,5-6,8,10-15H2,1H3,(H2,22,27)(H2,23,24,25). The van der Waals surface area contributed by atoms with E-state index in [1.54, 1.807) is 12.1 Å². The summed E-state index contributed by atoms with van der Waals surface area (Å²) in [5.74, 6) is 0.380. The van der Waals surface area contributed by atoms with Gasteiger partial charge in [-0.15, -0.1) is 0 Å². The van der Waals surface area contributed by atoms with Crippen LogP contribution in [0.25, 0.3) is 0 Å². The van der Waals surface area contributed by atoms with Crippen LogP contribution >= 0.6 is 0 Å². The maximum Gasteiger partial charge on any atom is 0.221 e. The Morgan fingerprint density at radius 1 is 1.37 bits per heavy atom. The van der Waals surface area contributed by atoms with E-state index in [2.05, 4.69) is 20.5 Å². The zero-order valence-corrected chi connectivity index (χ0v) is 16.2. The van der Waals surface area contributed by atoms with Gasteiger partial charge in [0.2, 0.25) is 5.91 Å². The molecule has 0 saturated carbocycles. The number of nitrogens with two attached hydrogens (primary N) is 1. The molecule has 1 aromatic rings. The highest BCUT2D eigenvalue weighted by atomic mass is 19.1. The van der Waals surface area contributed by atoms with Crippen LogP contribution in [0.1, 0.15) is 31.7 Å². The molecule has 2 rings (SSSR count). The van der Waals surface area contributed by atoms with Gasteiger partial charge in [0.15, 0.2) is 5.96 Å². The van der Waals surface area contributed by atoms with E-state index >= 15 is 0 Å². The number of benzene rings is 1. The molecule has 1 fully saturated rings. The summed E-state index contributed by atoms with van der Waals surface area (Å²) in [5, 5.41) is 6.47. The zero-order valence-electron chi connectivity index (χ0n) is 16.2. The van der Waals surface area contributed by atoms with Crippen molar-refractivity contribution in [3.63, 3.8) is 0 Å². The Labute approximate surface area is 161 Å². The Balaban J connectivity index is 1.71. The predicted octanol–water partition coefficient (Wildman–Crippen LogP) is 1.51. The molecule has 1 aliphatic rings. The number of rotatable bonds is 9. The molecule has 150 valence electrons. The fraction of sp³-hybridized carbons (Fsp3) is 0.600. The molecule has 0 bridgehead atoms. The van der Waals surface area contributed by atoms with Crippen LogP contribution in [0.15, 0.2) is 29.3 Å².